The summed E-state index contributed by atoms with van der Waals surface area (Å²) in [6, 6.07) is 15.4. The zero-order valence-corrected chi connectivity index (χ0v) is 24.0. The van der Waals surface area contributed by atoms with Crippen molar-refractivity contribution in [2.24, 2.45) is 5.73 Å². The van der Waals surface area contributed by atoms with Gasteiger partial charge in [-0.15, -0.1) is 0 Å². The second-order valence-electron chi connectivity index (χ2n) is 9.47. The van der Waals surface area contributed by atoms with E-state index in [0.717, 1.165) is 35.1 Å². The van der Waals surface area contributed by atoms with Crippen molar-refractivity contribution in [3.8, 4) is 5.75 Å². The van der Waals surface area contributed by atoms with E-state index in [9.17, 15) is 9.36 Å². The largest absolute Gasteiger partial charge is 0.459 e. The predicted molar refractivity (Wildman–Crippen MR) is 156 cm³/mol. The predicted octanol–water partition coefficient (Wildman–Crippen LogP) is 5.10. The van der Waals surface area contributed by atoms with E-state index in [1.165, 1.54) is 6.92 Å². The van der Waals surface area contributed by atoms with Crippen LogP contribution in [0, 0.1) is 0 Å². The average molecular weight is 569 g/mol. The molecule has 0 fully saturated rings. The Morgan fingerprint density at radius 2 is 1.80 bits per heavy atom. The van der Waals surface area contributed by atoms with Crippen LogP contribution < -0.4 is 21.1 Å². The van der Waals surface area contributed by atoms with Gasteiger partial charge in [-0.3, -0.25) is 9.32 Å². The van der Waals surface area contributed by atoms with Crippen molar-refractivity contribution >= 4 is 41.4 Å². The smallest absolute Gasteiger partial charge is 0.413 e. The Morgan fingerprint density at radius 1 is 1.07 bits per heavy atom. The second kappa shape index (κ2) is 13.2. The lowest BCUT2D eigenvalue weighted by atomic mass is 10.1. The highest BCUT2D eigenvalue weighted by Crippen LogP contribution is 2.45. The molecule has 4 rings (SSSR count). The first kappa shape index (κ1) is 29.5. The van der Waals surface area contributed by atoms with E-state index < -0.39 is 19.7 Å². The molecule has 12 heteroatoms. The number of nitrogens with zero attached hydrogens (tertiary/aromatic N) is 3. The molecule has 0 unspecified atom stereocenters. The van der Waals surface area contributed by atoms with Crippen LogP contribution in [0.3, 0.4) is 0 Å². The number of imidazole rings is 1. The van der Waals surface area contributed by atoms with E-state index in [1.54, 1.807) is 24.3 Å². The van der Waals surface area contributed by atoms with Crippen molar-refractivity contribution in [3.63, 3.8) is 0 Å². The van der Waals surface area contributed by atoms with E-state index in [1.807, 2.05) is 37.3 Å². The number of pyridine rings is 1. The molecule has 5 N–H and O–H groups in total. The van der Waals surface area contributed by atoms with Gasteiger partial charge in [-0.05, 0) is 44.9 Å². The number of amides is 1. The van der Waals surface area contributed by atoms with Gasteiger partial charge in [-0.1, -0.05) is 49.7 Å². The Morgan fingerprint density at radius 3 is 2.50 bits per heavy atom. The number of rotatable bonds is 15. The molecule has 2 heterocycles. The van der Waals surface area contributed by atoms with Gasteiger partial charge >= 0.3 is 7.75 Å². The number of fused-ring (bicyclic) bond motifs is 3. The van der Waals surface area contributed by atoms with Gasteiger partial charge in [0.1, 0.15) is 23.7 Å². The topological polar surface area (TPSA) is 157 Å². The van der Waals surface area contributed by atoms with Crippen molar-refractivity contribution in [2.45, 2.75) is 58.7 Å². The van der Waals surface area contributed by atoms with E-state index in [0.29, 0.717) is 36.7 Å². The fourth-order valence-corrected chi connectivity index (χ4v) is 6.14. The van der Waals surface area contributed by atoms with Crippen LogP contribution in [-0.2, 0) is 25.2 Å². The van der Waals surface area contributed by atoms with E-state index in [2.05, 4.69) is 21.6 Å². The van der Waals surface area contributed by atoms with E-state index >= 15 is 0 Å². The Hall–Kier alpha value is -3.50. The molecule has 0 aliphatic rings. The molecule has 2 aromatic carbocycles. The summed E-state index contributed by atoms with van der Waals surface area (Å²) in [5.74, 6) is 0.744. The first-order chi connectivity index (χ1) is 19.3. The second-order valence-corrected chi connectivity index (χ2v) is 11.2. The van der Waals surface area contributed by atoms with Crippen LogP contribution in [0.5, 0.6) is 5.75 Å². The number of carbonyl (C=O) groups is 1. The summed E-state index contributed by atoms with van der Waals surface area (Å²) in [5.41, 5.74) is 14.0. The van der Waals surface area contributed by atoms with E-state index in [-0.39, 0.29) is 12.6 Å². The van der Waals surface area contributed by atoms with Crippen LogP contribution in [0.1, 0.15) is 51.9 Å². The maximum atomic E-state index is 13.7. The van der Waals surface area contributed by atoms with Crippen molar-refractivity contribution < 1.29 is 23.1 Å². The molecule has 214 valence electrons. The summed E-state index contributed by atoms with van der Waals surface area (Å²) in [5, 5.41) is 3.58. The third kappa shape index (κ3) is 6.79. The molecule has 0 aliphatic carbocycles. The number of carbonyl (C=O) groups excluding carboxylic acids is 1. The molecule has 3 atom stereocenters. The zero-order chi connectivity index (χ0) is 28.7. The normalized spacial score (nSPS) is 14.7. The molecular formula is C28H37N6O5P. The molecule has 0 spiro atoms. The molecule has 4 aromatic rings. The quantitative estimate of drug-likeness (QED) is 0.166. The van der Waals surface area contributed by atoms with Gasteiger partial charge in [0.2, 0.25) is 5.91 Å². The van der Waals surface area contributed by atoms with Gasteiger partial charge < -0.3 is 25.3 Å². The minimum atomic E-state index is -3.96. The summed E-state index contributed by atoms with van der Waals surface area (Å²) >= 11 is 0. The Balaban J connectivity index is 1.68. The number of hydrogen-bond donors (Lipinski definition) is 3. The Kier molecular flexibility index (Phi) is 9.76. The number of nitrogens with two attached hydrogens (primary N) is 2. The highest BCUT2D eigenvalue weighted by molar-refractivity contribution is 7.52. The molecule has 0 aliphatic heterocycles. The maximum Gasteiger partial charge on any atom is 0.459 e. The number of ether oxygens (including phenoxy) is 1. The van der Waals surface area contributed by atoms with Crippen molar-refractivity contribution in [3.05, 3.63) is 60.4 Å². The average Bonchev–Trinajstić information content (AvgIpc) is 3.32. The van der Waals surface area contributed by atoms with E-state index in [4.69, 9.17) is 30.2 Å². The molecular weight excluding hydrogens is 531 g/mol. The number of para-hydroxylation sites is 2. The number of primary amides is 1. The Bertz CT molecular complexity index is 1500. The summed E-state index contributed by atoms with van der Waals surface area (Å²) in [7, 11) is -3.96. The standard InChI is InChI=1S/C28H37N6O5P/c1-4-11-20(16-17-38-40(36,33-19(3)28(30)35)39-21-12-7-6-8-13-21)34-24(18-37-5-2)32-25-26(34)22-14-9-10-15-23(22)31-27(25)29/h6-10,12-15,19-20H,4-5,11,16-18H2,1-3H3,(H2,29,31)(H2,30,35)(H,33,36)/t19-,20-,40+/m0/s1. The third-order valence-electron chi connectivity index (χ3n) is 6.51. The molecule has 0 bridgehead atoms. The van der Waals surface area contributed by atoms with Gasteiger partial charge in [-0.2, -0.15) is 5.09 Å². The SMILES string of the molecule is CCC[C@@H](CCO[P@](=O)(N[C@@H](C)C(N)=O)Oc1ccccc1)n1c(COCC)nc2c(N)nc3ccccc3c21. The highest BCUT2D eigenvalue weighted by Gasteiger charge is 2.31. The van der Waals surface area contributed by atoms with Gasteiger partial charge in [0.15, 0.2) is 5.82 Å². The summed E-state index contributed by atoms with van der Waals surface area (Å²) in [6.45, 7) is 6.44. The zero-order valence-electron chi connectivity index (χ0n) is 23.1. The molecule has 2 aromatic heterocycles. The van der Waals surface area contributed by atoms with Gasteiger partial charge in [0.05, 0.1) is 23.7 Å². The van der Waals surface area contributed by atoms with Crippen LogP contribution in [0.15, 0.2) is 54.6 Å². The van der Waals surface area contributed by atoms with Gasteiger partial charge in [-0.25, -0.2) is 14.5 Å². The highest BCUT2D eigenvalue weighted by atomic mass is 31.2. The third-order valence-corrected chi connectivity index (χ3v) is 8.19. The monoisotopic (exact) mass is 568 g/mol. The number of hydrogen-bond acceptors (Lipinski definition) is 8. The van der Waals surface area contributed by atoms with Gasteiger partial charge in [0.25, 0.3) is 0 Å². The fraction of sp³-hybridized carbons (Fsp3) is 0.393. The molecule has 1 amide bonds. The lowest BCUT2D eigenvalue weighted by Gasteiger charge is -2.25. The lowest BCUT2D eigenvalue weighted by Crippen LogP contribution is -2.38. The summed E-state index contributed by atoms with van der Waals surface area (Å²) in [4.78, 5) is 21.1. The first-order valence-electron chi connectivity index (χ1n) is 13.4. The van der Waals surface area contributed by atoms with Crippen LogP contribution in [0.25, 0.3) is 21.9 Å². The summed E-state index contributed by atoms with van der Waals surface area (Å²) in [6.07, 6.45) is 2.15. The van der Waals surface area contributed by atoms with Crippen molar-refractivity contribution in [2.75, 3.05) is 18.9 Å². The fourth-order valence-electron chi connectivity index (χ4n) is 4.61. The van der Waals surface area contributed by atoms with Crippen LogP contribution in [0.4, 0.5) is 5.82 Å². The number of nitrogens with one attached hydrogen (secondary N) is 1. The van der Waals surface area contributed by atoms with Crippen molar-refractivity contribution in [1.29, 1.82) is 0 Å². The minimum absolute atomic E-state index is 0.0690. The van der Waals surface area contributed by atoms with Crippen LogP contribution in [0.2, 0.25) is 0 Å². The van der Waals surface area contributed by atoms with Crippen molar-refractivity contribution in [1.82, 2.24) is 19.6 Å². The molecule has 0 saturated heterocycles. The first-order valence-corrected chi connectivity index (χ1v) is 15.0. The van der Waals surface area contributed by atoms with Crippen LogP contribution >= 0.6 is 7.75 Å². The molecule has 0 saturated carbocycles. The number of anilines is 1. The molecule has 11 nitrogen and oxygen atoms in total. The van der Waals surface area contributed by atoms with Crippen LogP contribution in [-0.4, -0.2) is 39.7 Å². The lowest BCUT2D eigenvalue weighted by molar-refractivity contribution is -0.119. The Labute approximate surface area is 233 Å². The molecule has 0 radical (unpaired) electrons. The maximum absolute atomic E-state index is 13.7. The summed E-state index contributed by atoms with van der Waals surface area (Å²) < 4.78 is 33.3. The minimum Gasteiger partial charge on any atom is -0.413 e. The number of aromatic nitrogens is 3. The number of nitrogen functional groups attached to an aromatic ring is 1. The number of benzene rings is 2. The molecule has 40 heavy (non-hydrogen) atoms. The van der Waals surface area contributed by atoms with Gasteiger partial charge in [0, 0.05) is 18.0 Å².